The van der Waals surface area contributed by atoms with Crippen molar-refractivity contribution >= 4 is 18.0 Å². The molecular formula is C12H20N2O5. The van der Waals surface area contributed by atoms with Gasteiger partial charge in [0.1, 0.15) is 0 Å². The van der Waals surface area contributed by atoms with Crippen molar-refractivity contribution in [3.8, 4) is 0 Å². The molecule has 1 rings (SSSR count). The third kappa shape index (κ3) is 4.11. The summed E-state index contributed by atoms with van der Waals surface area (Å²) in [6.45, 7) is 2.47. The molecule has 0 spiro atoms. The first kappa shape index (κ1) is 15.3. The van der Waals surface area contributed by atoms with Crippen LogP contribution in [-0.2, 0) is 19.1 Å². The Morgan fingerprint density at radius 1 is 1.21 bits per heavy atom. The fourth-order valence-electron chi connectivity index (χ4n) is 2.19. The molecule has 1 aliphatic rings. The topological polar surface area (TPSA) is 84.9 Å². The van der Waals surface area contributed by atoms with Crippen LogP contribution < -0.4 is 5.32 Å². The first-order valence-corrected chi connectivity index (χ1v) is 6.21. The molecule has 0 aromatic heterocycles. The molecular weight excluding hydrogens is 252 g/mol. The van der Waals surface area contributed by atoms with Gasteiger partial charge in [-0.25, -0.2) is 4.79 Å². The Morgan fingerprint density at radius 2 is 1.89 bits per heavy atom. The monoisotopic (exact) mass is 272 g/mol. The zero-order valence-electron chi connectivity index (χ0n) is 11.5. The van der Waals surface area contributed by atoms with Crippen molar-refractivity contribution in [1.82, 2.24) is 10.2 Å². The summed E-state index contributed by atoms with van der Waals surface area (Å²) in [5.41, 5.74) is 0. The van der Waals surface area contributed by atoms with Gasteiger partial charge < -0.3 is 19.7 Å². The van der Waals surface area contributed by atoms with E-state index < -0.39 is 12.0 Å². The van der Waals surface area contributed by atoms with Crippen LogP contribution in [0.5, 0.6) is 0 Å². The second-order valence-corrected chi connectivity index (χ2v) is 4.44. The smallest absolute Gasteiger partial charge is 0.407 e. The lowest BCUT2D eigenvalue weighted by Gasteiger charge is -2.36. The van der Waals surface area contributed by atoms with E-state index in [4.69, 9.17) is 4.74 Å². The number of nitrogens with one attached hydrogen (secondary N) is 1. The number of carbonyl (C=O) groups is 3. The minimum atomic E-state index is -0.570. The first-order valence-electron chi connectivity index (χ1n) is 6.21. The van der Waals surface area contributed by atoms with E-state index in [1.807, 2.05) is 0 Å². The molecule has 2 unspecified atom stereocenters. The van der Waals surface area contributed by atoms with Crippen molar-refractivity contribution in [1.29, 1.82) is 0 Å². The molecule has 1 N–H and O–H groups in total. The highest BCUT2D eigenvalue weighted by atomic mass is 16.5. The molecule has 0 radical (unpaired) electrons. The fraction of sp³-hybridized carbons (Fsp3) is 0.750. The molecule has 1 aliphatic heterocycles. The summed E-state index contributed by atoms with van der Waals surface area (Å²) >= 11 is 0. The maximum absolute atomic E-state index is 11.8. The van der Waals surface area contributed by atoms with Gasteiger partial charge in [-0.05, 0) is 6.42 Å². The predicted molar refractivity (Wildman–Crippen MR) is 66.3 cm³/mol. The normalized spacial score (nSPS) is 22.6. The summed E-state index contributed by atoms with van der Waals surface area (Å²) in [6.07, 6.45) is 0.230. The molecule has 2 amide bonds. The molecule has 1 fully saturated rings. The standard InChI is InChI=1S/C12H20N2O5/c1-4-10(15)14-6-8(11(16)18-2)5-9(7-14)13-12(17)19-3/h8-9H,4-7H2,1-3H3,(H,13,17). The molecule has 0 aliphatic carbocycles. The second kappa shape index (κ2) is 6.96. The third-order valence-electron chi connectivity index (χ3n) is 3.15. The number of methoxy groups -OCH3 is 2. The molecule has 0 aromatic rings. The van der Waals surface area contributed by atoms with Crippen LogP contribution in [0.1, 0.15) is 19.8 Å². The maximum atomic E-state index is 11.8. The number of esters is 1. The lowest BCUT2D eigenvalue weighted by molar-refractivity contribution is -0.149. The maximum Gasteiger partial charge on any atom is 0.407 e. The van der Waals surface area contributed by atoms with Crippen molar-refractivity contribution < 1.29 is 23.9 Å². The Bertz CT molecular complexity index is 334. The van der Waals surface area contributed by atoms with Crippen molar-refractivity contribution in [3.05, 3.63) is 0 Å². The molecule has 108 valence electrons. The zero-order valence-corrected chi connectivity index (χ0v) is 11.5. The number of hydrogen-bond acceptors (Lipinski definition) is 5. The zero-order chi connectivity index (χ0) is 14.4. The van der Waals surface area contributed by atoms with Crippen LogP contribution in [0, 0.1) is 5.92 Å². The molecule has 2 atom stereocenters. The van der Waals surface area contributed by atoms with Gasteiger partial charge in [0.05, 0.1) is 26.2 Å². The van der Waals surface area contributed by atoms with E-state index in [0.717, 1.165) is 0 Å². The van der Waals surface area contributed by atoms with E-state index in [9.17, 15) is 14.4 Å². The predicted octanol–water partition coefficient (Wildman–Crippen LogP) is 0.143. The van der Waals surface area contributed by atoms with Gasteiger partial charge in [-0.15, -0.1) is 0 Å². The van der Waals surface area contributed by atoms with Crippen LogP contribution in [0.2, 0.25) is 0 Å². The van der Waals surface area contributed by atoms with Crippen LogP contribution in [0.25, 0.3) is 0 Å². The number of nitrogens with zero attached hydrogens (tertiary/aromatic N) is 1. The van der Waals surface area contributed by atoms with E-state index in [1.54, 1.807) is 11.8 Å². The second-order valence-electron chi connectivity index (χ2n) is 4.44. The van der Waals surface area contributed by atoms with E-state index in [2.05, 4.69) is 10.1 Å². The average molecular weight is 272 g/mol. The van der Waals surface area contributed by atoms with Gasteiger partial charge in [-0.3, -0.25) is 9.59 Å². The van der Waals surface area contributed by atoms with Crippen molar-refractivity contribution in [3.63, 3.8) is 0 Å². The number of amides is 2. The highest BCUT2D eigenvalue weighted by molar-refractivity contribution is 5.78. The molecule has 7 heteroatoms. The number of ether oxygens (including phenoxy) is 2. The quantitative estimate of drug-likeness (QED) is 0.739. The summed E-state index contributed by atoms with van der Waals surface area (Å²) in [5.74, 6) is -0.841. The Morgan fingerprint density at radius 3 is 2.42 bits per heavy atom. The summed E-state index contributed by atoms with van der Waals surface area (Å²) in [7, 11) is 2.58. The van der Waals surface area contributed by atoms with Crippen LogP contribution in [0.4, 0.5) is 4.79 Å². The first-order chi connectivity index (χ1) is 9.01. The number of carbonyl (C=O) groups excluding carboxylic acids is 3. The average Bonchev–Trinajstić information content (AvgIpc) is 2.44. The molecule has 1 heterocycles. The third-order valence-corrected chi connectivity index (χ3v) is 3.15. The number of hydrogen-bond donors (Lipinski definition) is 1. The summed E-state index contributed by atoms with van der Waals surface area (Å²) < 4.78 is 9.24. The van der Waals surface area contributed by atoms with Gasteiger partial charge in [0.15, 0.2) is 0 Å². The van der Waals surface area contributed by atoms with Crippen LogP contribution in [0.15, 0.2) is 0 Å². The minimum absolute atomic E-state index is 0.0507. The van der Waals surface area contributed by atoms with Crippen molar-refractivity contribution in [2.24, 2.45) is 5.92 Å². The highest BCUT2D eigenvalue weighted by Crippen LogP contribution is 2.19. The Hall–Kier alpha value is -1.79. The molecule has 0 bridgehead atoms. The molecule has 0 saturated carbocycles. The van der Waals surface area contributed by atoms with E-state index >= 15 is 0 Å². The van der Waals surface area contributed by atoms with E-state index in [0.29, 0.717) is 25.9 Å². The lowest BCUT2D eigenvalue weighted by Crippen LogP contribution is -2.54. The van der Waals surface area contributed by atoms with E-state index in [1.165, 1.54) is 14.2 Å². The molecule has 7 nitrogen and oxygen atoms in total. The Balaban J connectivity index is 2.74. The van der Waals surface area contributed by atoms with Crippen LogP contribution in [0.3, 0.4) is 0 Å². The SMILES string of the molecule is CCC(=O)N1CC(NC(=O)OC)CC(C(=O)OC)C1. The highest BCUT2D eigenvalue weighted by Gasteiger charge is 2.34. The largest absolute Gasteiger partial charge is 0.469 e. The summed E-state index contributed by atoms with van der Waals surface area (Å²) in [5, 5.41) is 2.62. The summed E-state index contributed by atoms with van der Waals surface area (Å²) in [4.78, 5) is 36.2. The van der Waals surface area contributed by atoms with Gasteiger partial charge >= 0.3 is 12.1 Å². The van der Waals surface area contributed by atoms with Crippen molar-refractivity contribution in [2.75, 3.05) is 27.3 Å². The molecule has 1 saturated heterocycles. The Kier molecular flexibility index (Phi) is 5.59. The number of rotatable bonds is 3. The fourth-order valence-corrected chi connectivity index (χ4v) is 2.19. The van der Waals surface area contributed by atoms with Gasteiger partial charge in [-0.2, -0.15) is 0 Å². The molecule has 19 heavy (non-hydrogen) atoms. The van der Waals surface area contributed by atoms with Gasteiger partial charge in [0.25, 0.3) is 0 Å². The van der Waals surface area contributed by atoms with Crippen LogP contribution >= 0.6 is 0 Å². The van der Waals surface area contributed by atoms with Gasteiger partial charge in [0.2, 0.25) is 5.91 Å². The van der Waals surface area contributed by atoms with Crippen LogP contribution in [-0.4, -0.2) is 56.2 Å². The van der Waals surface area contributed by atoms with Crippen molar-refractivity contribution in [2.45, 2.75) is 25.8 Å². The Labute approximate surface area is 112 Å². The minimum Gasteiger partial charge on any atom is -0.469 e. The number of likely N-dealkylation sites (tertiary alicyclic amines) is 1. The van der Waals surface area contributed by atoms with E-state index in [-0.39, 0.29) is 17.9 Å². The number of alkyl carbamates (subject to hydrolysis) is 1. The number of piperidine rings is 1. The van der Waals surface area contributed by atoms with Gasteiger partial charge in [0, 0.05) is 19.5 Å². The lowest BCUT2D eigenvalue weighted by atomic mass is 9.94. The molecule has 0 aromatic carbocycles. The summed E-state index contributed by atoms with van der Waals surface area (Å²) in [6, 6.07) is -0.305. The van der Waals surface area contributed by atoms with Gasteiger partial charge in [-0.1, -0.05) is 6.92 Å².